The van der Waals surface area contributed by atoms with Crippen molar-refractivity contribution in [3.8, 4) is 5.75 Å². The summed E-state index contributed by atoms with van der Waals surface area (Å²) in [7, 11) is 1.49. The summed E-state index contributed by atoms with van der Waals surface area (Å²) in [6.45, 7) is 0. The Balaban J connectivity index is 1.85. The van der Waals surface area contributed by atoms with Gasteiger partial charge in [0.25, 0.3) is 5.91 Å². The van der Waals surface area contributed by atoms with Gasteiger partial charge in [0, 0.05) is 27.6 Å². The van der Waals surface area contributed by atoms with E-state index in [9.17, 15) is 9.59 Å². The minimum atomic E-state index is -0.476. The third-order valence-electron chi connectivity index (χ3n) is 3.48. The summed E-state index contributed by atoms with van der Waals surface area (Å²) >= 11 is 5.79. The fourth-order valence-electron chi connectivity index (χ4n) is 2.26. The number of rotatable bonds is 4. The van der Waals surface area contributed by atoms with Gasteiger partial charge in [0.1, 0.15) is 0 Å². The summed E-state index contributed by atoms with van der Waals surface area (Å²) in [4.78, 5) is 23.4. The molecule has 0 aliphatic rings. The van der Waals surface area contributed by atoms with Crippen LogP contribution in [-0.2, 0) is 0 Å². The van der Waals surface area contributed by atoms with Crippen molar-refractivity contribution in [3.05, 3.63) is 75.1 Å². The van der Waals surface area contributed by atoms with Gasteiger partial charge in [-0.1, -0.05) is 11.6 Å². The van der Waals surface area contributed by atoms with Crippen LogP contribution in [-0.4, -0.2) is 19.2 Å². The summed E-state index contributed by atoms with van der Waals surface area (Å²) in [5, 5.41) is 5.14. The van der Waals surface area contributed by atoms with Gasteiger partial charge in [-0.15, -0.1) is 0 Å². The van der Waals surface area contributed by atoms with Crippen molar-refractivity contribution >= 4 is 34.7 Å². The molecule has 0 aliphatic heterocycles. The molecular formula is C18H13ClN2O4. The maximum absolute atomic E-state index is 12.0. The molecule has 0 atom stereocenters. The second kappa shape index (κ2) is 7.19. The quantitative estimate of drug-likeness (QED) is 0.442. The summed E-state index contributed by atoms with van der Waals surface area (Å²) in [5.74, 6) is 0.0762. The Morgan fingerprint density at radius 3 is 2.64 bits per heavy atom. The van der Waals surface area contributed by atoms with Crippen LogP contribution < -0.4 is 15.8 Å². The molecule has 0 aliphatic carbocycles. The Kier molecular flexibility index (Phi) is 4.81. The van der Waals surface area contributed by atoms with Crippen LogP contribution in [0, 0.1) is 0 Å². The summed E-state index contributed by atoms with van der Waals surface area (Å²) in [6.07, 6.45) is 1.47. The highest BCUT2D eigenvalue weighted by molar-refractivity contribution is 6.30. The van der Waals surface area contributed by atoms with Crippen LogP contribution in [0.1, 0.15) is 15.9 Å². The molecule has 0 saturated heterocycles. The predicted octanol–water partition coefficient (Wildman–Crippen LogP) is 3.22. The van der Waals surface area contributed by atoms with Gasteiger partial charge >= 0.3 is 5.63 Å². The molecule has 0 unspecified atom stereocenters. The number of hydrogen-bond acceptors (Lipinski definition) is 5. The number of benzene rings is 2. The van der Waals surface area contributed by atoms with Crippen LogP contribution in [0.5, 0.6) is 5.75 Å². The topological polar surface area (TPSA) is 80.9 Å². The number of hydrazone groups is 1. The molecule has 0 bridgehead atoms. The Bertz CT molecular complexity index is 1010. The van der Waals surface area contributed by atoms with Crippen molar-refractivity contribution in [2.45, 2.75) is 0 Å². The van der Waals surface area contributed by atoms with Gasteiger partial charge in [-0.3, -0.25) is 4.79 Å². The van der Waals surface area contributed by atoms with Gasteiger partial charge in [-0.05, 0) is 42.5 Å². The number of hydrogen-bond donors (Lipinski definition) is 1. The molecule has 7 heteroatoms. The molecule has 0 fully saturated rings. The molecule has 0 saturated carbocycles. The van der Waals surface area contributed by atoms with Crippen molar-refractivity contribution in [3.63, 3.8) is 0 Å². The van der Waals surface area contributed by atoms with Gasteiger partial charge in [-0.2, -0.15) is 5.10 Å². The number of methoxy groups -OCH3 is 1. The number of fused-ring (bicyclic) bond motifs is 1. The third-order valence-corrected chi connectivity index (χ3v) is 3.73. The Morgan fingerprint density at radius 1 is 1.16 bits per heavy atom. The zero-order valence-corrected chi connectivity index (χ0v) is 13.9. The highest BCUT2D eigenvalue weighted by atomic mass is 35.5. The number of carbonyl (C=O) groups is 1. The van der Waals surface area contributed by atoms with E-state index in [1.54, 1.807) is 42.5 Å². The molecule has 1 heterocycles. The van der Waals surface area contributed by atoms with Gasteiger partial charge in [0.15, 0.2) is 11.3 Å². The van der Waals surface area contributed by atoms with Crippen molar-refractivity contribution < 1.29 is 13.9 Å². The number of ether oxygens (including phenoxy) is 1. The summed E-state index contributed by atoms with van der Waals surface area (Å²) < 4.78 is 10.4. The molecule has 1 N–H and O–H groups in total. The van der Waals surface area contributed by atoms with Crippen LogP contribution >= 0.6 is 11.6 Å². The lowest BCUT2D eigenvalue weighted by molar-refractivity contribution is 0.0955. The fraction of sp³-hybridized carbons (Fsp3) is 0.0556. The van der Waals surface area contributed by atoms with Crippen LogP contribution in [0.3, 0.4) is 0 Å². The number of nitrogens with zero attached hydrogens (tertiary/aromatic N) is 1. The first kappa shape index (κ1) is 16.7. The van der Waals surface area contributed by atoms with E-state index in [1.165, 1.54) is 19.4 Å². The predicted molar refractivity (Wildman–Crippen MR) is 95.5 cm³/mol. The monoisotopic (exact) mass is 356 g/mol. The first-order chi connectivity index (χ1) is 12.1. The Labute approximate surface area is 147 Å². The van der Waals surface area contributed by atoms with E-state index in [1.807, 2.05) is 0 Å². The maximum atomic E-state index is 12.0. The van der Waals surface area contributed by atoms with Crippen molar-refractivity contribution in [1.29, 1.82) is 0 Å². The average Bonchev–Trinajstić information content (AvgIpc) is 2.62. The van der Waals surface area contributed by atoms with Gasteiger partial charge in [-0.25, -0.2) is 10.2 Å². The molecule has 3 aromatic rings. The standard InChI is InChI=1S/C18H13ClN2O4/c1-24-15-8-4-12(14-7-9-16(22)25-17(14)15)10-20-21-18(23)11-2-5-13(19)6-3-11/h2-10H,1H3,(H,21,23)/b20-10+. The zero-order valence-electron chi connectivity index (χ0n) is 13.2. The van der Waals surface area contributed by atoms with Gasteiger partial charge in [0.05, 0.1) is 13.3 Å². The van der Waals surface area contributed by atoms with Crippen LogP contribution in [0.15, 0.2) is 62.8 Å². The first-order valence-corrected chi connectivity index (χ1v) is 7.66. The lowest BCUT2D eigenvalue weighted by atomic mass is 10.1. The summed E-state index contributed by atoms with van der Waals surface area (Å²) in [6, 6.07) is 12.8. The molecule has 25 heavy (non-hydrogen) atoms. The number of carbonyl (C=O) groups excluding carboxylic acids is 1. The SMILES string of the molecule is COc1ccc(/C=N/NC(=O)c2ccc(Cl)cc2)c2ccc(=O)oc12. The minimum Gasteiger partial charge on any atom is -0.493 e. The molecule has 126 valence electrons. The van der Waals surface area contributed by atoms with E-state index in [-0.39, 0.29) is 5.91 Å². The second-order valence-electron chi connectivity index (χ2n) is 5.06. The van der Waals surface area contributed by atoms with Gasteiger partial charge < -0.3 is 9.15 Å². The van der Waals surface area contributed by atoms with Crippen LogP contribution in [0.25, 0.3) is 11.0 Å². The zero-order chi connectivity index (χ0) is 17.8. The molecule has 6 nitrogen and oxygen atoms in total. The van der Waals surface area contributed by atoms with E-state index < -0.39 is 5.63 Å². The number of amides is 1. The highest BCUT2D eigenvalue weighted by Crippen LogP contribution is 2.26. The molecule has 0 radical (unpaired) electrons. The molecule has 2 aromatic carbocycles. The van der Waals surface area contributed by atoms with Crippen molar-refractivity contribution in [2.24, 2.45) is 5.10 Å². The second-order valence-corrected chi connectivity index (χ2v) is 5.50. The third kappa shape index (κ3) is 3.70. The fourth-order valence-corrected chi connectivity index (χ4v) is 2.38. The Morgan fingerprint density at radius 2 is 1.92 bits per heavy atom. The lowest BCUT2D eigenvalue weighted by Gasteiger charge is -2.06. The number of nitrogens with one attached hydrogen (secondary N) is 1. The molecule has 1 aromatic heterocycles. The highest BCUT2D eigenvalue weighted by Gasteiger charge is 2.09. The normalized spacial score (nSPS) is 11.0. The van der Waals surface area contributed by atoms with Crippen molar-refractivity contribution in [1.82, 2.24) is 5.43 Å². The lowest BCUT2D eigenvalue weighted by Crippen LogP contribution is -2.17. The molecule has 3 rings (SSSR count). The number of halogens is 1. The van der Waals surface area contributed by atoms with E-state index >= 15 is 0 Å². The van der Waals surface area contributed by atoms with Crippen LogP contribution in [0.2, 0.25) is 5.02 Å². The molecule has 1 amide bonds. The minimum absolute atomic E-state index is 0.322. The summed E-state index contributed by atoms with van der Waals surface area (Å²) in [5.41, 5.74) is 3.38. The van der Waals surface area contributed by atoms with Crippen LogP contribution in [0.4, 0.5) is 0 Å². The van der Waals surface area contributed by atoms with Crippen molar-refractivity contribution in [2.75, 3.05) is 7.11 Å². The molecular weight excluding hydrogens is 344 g/mol. The van der Waals surface area contributed by atoms with E-state index in [2.05, 4.69) is 10.5 Å². The first-order valence-electron chi connectivity index (χ1n) is 7.28. The molecule has 0 spiro atoms. The smallest absolute Gasteiger partial charge is 0.336 e. The maximum Gasteiger partial charge on any atom is 0.336 e. The van der Waals surface area contributed by atoms with E-state index in [4.69, 9.17) is 20.8 Å². The Hall–Kier alpha value is -3.12. The van der Waals surface area contributed by atoms with E-state index in [0.29, 0.717) is 32.9 Å². The average molecular weight is 357 g/mol. The van der Waals surface area contributed by atoms with E-state index in [0.717, 1.165) is 0 Å². The largest absolute Gasteiger partial charge is 0.493 e. The van der Waals surface area contributed by atoms with Gasteiger partial charge in [0.2, 0.25) is 0 Å².